The van der Waals surface area contributed by atoms with Crippen molar-refractivity contribution in [3.63, 3.8) is 0 Å². The number of rotatable bonds is 6. The molecule has 4 nitrogen and oxygen atoms in total. The van der Waals surface area contributed by atoms with E-state index in [1.54, 1.807) is 7.05 Å². The molecule has 4 heteroatoms. The summed E-state index contributed by atoms with van der Waals surface area (Å²) in [4.78, 5) is 10.6. The molecule has 0 aromatic rings. The molecule has 1 amide bonds. The predicted molar refractivity (Wildman–Crippen MR) is 46.0 cm³/mol. The lowest BCUT2D eigenvalue weighted by Gasteiger charge is -2.07. The van der Waals surface area contributed by atoms with E-state index in [9.17, 15) is 4.79 Å². The van der Waals surface area contributed by atoms with E-state index in [0.29, 0.717) is 13.2 Å². The smallest absolute Gasteiger partial charge is 0.245 e. The minimum atomic E-state index is -0.112. The quantitative estimate of drug-likeness (QED) is 0.585. The van der Waals surface area contributed by atoms with Crippen molar-refractivity contribution in [3.8, 4) is 0 Å². The minimum Gasteiger partial charge on any atom is -0.376 e. The van der Waals surface area contributed by atoms with Crippen molar-refractivity contribution < 1.29 is 14.3 Å². The molecule has 0 aliphatic heterocycles. The molecule has 0 radical (unpaired) electrons. The summed E-state index contributed by atoms with van der Waals surface area (Å²) in [5, 5.41) is 2.46. The fraction of sp³-hybridized carbons (Fsp3) is 0.875. The molecule has 0 rings (SSSR count). The summed E-state index contributed by atoms with van der Waals surface area (Å²) in [5.41, 5.74) is 0. The maximum absolute atomic E-state index is 10.6. The van der Waals surface area contributed by atoms with Crippen molar-refractivity contribution in [3.05, 3.63) is 0 Å². The molecule has 0 aliphatic carbocycles. The van der Waals surface area contributed by atoms with Crippen LogP contribution in [0.1, 0.15) is 13.8 Å². The molecular formula is C8H17NO3. The highest BCUT2D eigenvalue weighted by atomic mass is 16.5. The van der Waals surface area contributed by atoms with E-state index in [4.69, 9.17) is 9.47 Å². The molecule has 0 aromatic heterocycles. The largest absolute Gasteiger partial charge is 0.376 e. The van der Waals surface area contributed by atoms with Gasteiger partial charge >= 0.3 is 0 Å². The average molecular weight is 175 g/mol. The molecule has 12 heavy (non-hydrogen) atoms. The number of carbonyl (C=O) groups excluding carboxylic acids is 1. The topological polar surface area (TPSA) is 47.6 Å². The Morgan fingerprint density at radius 2 is 2.08 bits per heavy atom. The zero-order valence-electron chi connectivity index (χ0n) is 7.92. The highest BCUT2D eigenvalue weighted by molar-refractivity contribution is 5.76. The number of hydrogen-bond acceptors (Lipinski definition) is 3. The third-order valence-corrected chi connectivity index (χ3v) is 1.19. The molecule has 0 fully saturated rings. The second-order valence-corrected chi connectivity index (χ2v) is 2.65. The van der Waals surface area contributed by atoms with E-state index >= 15 is 0 Å². The summed E-state index contributed by atoms with van der Waals surface area (Å²) in [6, 6.07) is 0. The first-order valence-electron chi connectivity index (χ1n) is 4.06. The lowest BCUT2D eigenvalue weighted by Crippen LogP contribution is -2.24. The third-order valence-electron chi connectivity index (χ3n) is 1.19. The van der Waals surface area contributed by atoms with Crippen molar-refractivity contribution >= 4 is 5.91 Å². The number of amides is 1. The Balaban J connectivity index is 3.05. The summed E-state index contributed by atoms with van der Waals surface area (Å²) < 4.78 is 10.2. The lowest BCUT2D eigenvalue weighted by atomic mass is 10.5. The third kappa shape index (κ3) is 7.50. The number of carbonyl (C=O) groups is 1. The van der Waals surface area contributed by atoms with Crippen molar-refractivity contribution in [2.45, 2.75) is 20.0 Å². The Bertz CT molecular complexity index is 125. The van der Waals surface area contributed by atoms with Crippen LogP contribution in [0.25, 0.3) is 0 Å². The maximum Gasteiger partial charge on any atom is 0.245 e. The van der Waals surface area contributed by atoms with E-state index in [2.05, 4.69) is 5.32 Å². The Morgan fingerprint density at radius 1 is 1.42 bits per heavy atom. The van der Waals surface area contributed by atoms with Gasteiger partial charge in [-0.05, 0) is 13.8 Å². The monoisotopic (exact) mass is 175 g/mol. The van der Waals surface area contributed by atoms with Crippen LogP contribution >= 0.6 is 0 Å². The van der Waals surface area contributed by atoms with Crippen LogP contribution in [0.3, 0.4) is 0 Å². The first-order valence-corrected chi connectivity index (χ1v) is 4.06. The molecular weight excluding hydrogens is 158 g/mol. The van der Waals surface area contributed by atoms with Crippen molar-refractivity contribution in [1.29, 1.82) is 0 Å². The predicted octanol–water partition coefficient (Wildman–Crippen LogP) is 0.174. The molecule has 0 aliphatic rings. The molecule has 0 aromatic carbocycles. The van der Waals surface area contributed by atoms with E-state index in [1.807, 2.05) is 13.8 Å². The zero-order chi connectivity index (χ0) is 9.40. The average Bonchev–Trinajstić information content (AvgIpc) is 2.03. The molecule has 0 heterocycles. The molecule has 0 saturated heterocycles. The van der Waals surface area contributed by atoms with Crippen LogP contribution in [0.4, 0.5) is 0 Å². The van der Waals surface area contributed by atoms with Crippen LogP contribution in [0.2, 0.25) is 0 Å². The number of likely N-dealkylation sites (N-methyl/N-ethyl adjacent to an activating group) is 1. The lowest BCUT2D eigenvalue weighted by molar-refractivity contribution is -0.125. The Kier molecular flexibility index (Phi) is 6.70. The van der Waals surface area contributed by atoms with E-state index < -0.39 is 0 Å². The summed E-state index contributed by atoms with van der Waals surface area (Å²) in [6.45, 7) is 5.02. The molecule has 0 atom stereocenters. The minimum absolute atomic E-state index is 0.109. The summed E-state index contributed by atoms with van der Waals surface area (Å²) in [6.07, 6.45) is 0.216. The maximum atomic E-state index is 10.6. The highest BCUT2D eigenvalue weighted by Crippen LogP contribution is 1.86. The second-order valence-electron chi connectivity index (χ2n) is 2.65. The fourth-order valence-corrected chi connectivity index (χ4v) is 0.580. The van der Waals surface area contributed by atoms with Gasteiger partial charge in [0.2, 0.25) is 5.91 Å². The van der Waals surface area contributed by atoms with Gasteiger partial charge < -0.3 is 14.8 Å². The van der Waals surface area contributed by atoms with Gasteiger partial charge in [0.25, 0.3) is 0 Å². The van der Waals surface area contributed by atoms with Gasteiger partial charge in [0, 0.05) is 7.05 Å². The van der Waals surface area contributed by atoms with E-state index in [1.165, 1.54) is 0 Å². The number of ether oxygens (including phenoxy) is 2. The van der Waals surface area contributed by atoms with Gasteiger partial charge in [0.1, 0.15) is 6.61 Å². The van der Waals surface area contributed by atoms with Gasteiger partial charge in [-0.1, -0.05) is 0 Å². The van der Waals surface area contributed by atoms with Crippen LogP contribution in [0.5, 0.6) is 0 Å². The zero-order valence-corrected chi connectivity index (χ0v) is 7.92. The van der Waals surface area contributed by atoms with Crippen molar-refractivity contribution in [2.75, 3.05) is 26.9 Å². The molecule has 1 N–H and O–H groups in total. The van der Waals surface area contributed by atoms with Crippen molar-refractivity contribution in [2.24, 2.45) is 0 Å². The van der Waals surface area contributed by atoms with Crippen molar-refractivity contribution in [1.82, 2.24) is 5.32 Å². The number of hydrogen-bond donors (Lipinski definition) is 1. The van der Waals surface area contributed by atoms with Gasteiger partial charge in [-0.15, -0.1) is 0 Å². The molecule has 0 spiro atoms. The van der Waals surface area contributed by atoms with E-state index in [0.717, 1.165) is 0 Å². The fourth-order valence-electron chi connectivity index (χ4n) is 0.580. The summed E-state index contributed by atoms with van der Waals surface area (Å²) >= 11 is 0. The summed E-state index contributed by atoms with van der Waals surface area (Å²) in [5.74, 6) is -0.112. The van der Waals surface area contributed by atoms with Crippen LogP contribution in [-0.4, -0.2) is 38.9 Å². The number of nitrogens with one attached hydrogen (secondary N) is 1. The Hall–Kier alpha value is -0.610. The summed E-state index contributed by atoms with van der Waals surface area (Å²) in [7, 11) is 1.58. The Labute approximate surface area is 73.2 Å². The van der Waals surface area contributed by atoms with Gasteiger partial charge in [-0.2, -0.15) is 0 Å². The molecule has 0 bridgehead atoms. The Morgan fingerprint density at radius 3 is 2.58 bits per heavy atom. The molecule has 72 valence electrons. The van der Waals surface area contributed by atoms with Gasteiger partial charge in [0.05, 0.1) is 19.3 Å². The standard InChI is InChI=1S/C8H17NO3/c1-7(2)12-5-4-11-6-8(10)9-3/h7H,4-6H2,1-3H3,(H,9,10). The van der Waals surface area contributed by atoms with Gasteiger partial charge in [0.15, 0.2) is 0 Å². The SMILES string of the molecule is CNC(=O)COCCOC(C)C. The molecule has 0 unspecified atom stereocenters. The van der Waals surface area contributed by atoms with Crippen LogP contribution < -0.4 is 5.32 Å². The van der Waals surface area contributed by atoms with Gasteiger partial charge in [-0.25, -0.2) is 0 Å². The first kappa shape index (κ1) is 11.4. The molecule has 0 saturated carbocycles. The van der Waals surface area contributed by atoms with E-state index in [-0.39, 0.29) is 18.6 Å². The van der Waals surface area contributed by atoms with Gasteiger partial charge in [-0.3, -0.25) is 4.79 Å². The highest BCUT2D eigenvalue weighted by Gasteiger charge is 1.97. The van der Waals surface area contributed by atoms with Crippen LogP contribution in [0, 0.1) is 0 Å². The normalized spacial score (nSPS) is 10.3. The van der Waals surface area contributed by atoms with Crippen LogP contribution in [-0.2, 0) is 14.3 Å². The second kappa shape index (κ2) is 7.06. The first-order chi connectivity index (χ1) is 5.66. The van der Waals surface area contributed by atoms with Crippen LogP contribution in [0.15, 0.2) is 0 Å².